The lowest BCUT2D eigenvalue weighted by atomic mass is 9.84. The number of hydrogen-bond acceptors (Lipinski definition) is 2. The molecule has 0 aliphatic heterocycles. The first kappa shape index (κ1) is 20.4. The fraction of sp³-hybridized carbons (Fsp3) is 0. The van der Waals surface area contributed by atoms with E-state index in [9.17, 15) is 9.59 Å². The number of carbonyl (C=O) groups is 2. The molecule has 0 amide bonds. The Labute approximate surface area is 195 Å². The minimum Gasteiger partial charge on any atom is -0.276 e. The van der Waals surface area contributed by atoms with E-state index in [1.807, 2.05) is 72.8 Å². The molecule has 5 rings (SSSR count). The topological polar surface area (TPSA) is 34.1 Å². The molecule has 0 fully saturated rings. The van der Waals surface area contributed by atoms with E-state index in [2.05, 4.69) is 12.1 Å². The molecule has 0 saturated carbocycles. The Morgan fingerprint density at radius 2 is 0.812 bits per heavy atom. The average molecular weight is 455 g/mol. The van der Waals surface area contributed by atoms with Gasteiger partial charge in [0.1, 0.15) is 0 Å². The van der Waals surface area contributed by atoms with Gasteiger partial charge in [0.15, 0.2) is 0 Å². The van der Waals surface area contributed by atoms with E-state index >= 15 is 0 Å². The standard InChI is InChI=1S/C28H16Cl2O2/c29-27(31)23-15-21-22(16-24(23)28(30)32)26(18-11-5-2-6-12-18)20-14-8-7-13-19(20)25(21)17-9-3-1-4-10-17/h1-16H. The van der Waals surface area contributed by atoms with Crippen LogP contribution >= 0.6 is 23.2 Å². The minimum absolute atomic E-state index is 0.102. The van der Waals surface area contributed by atoms with Gasteiger partial charge in [-0.3, -0.25) is 9.59 Å². The zero-order valence-electron chi connectivity index (χ0n) is 16.8. The highest BCUT2D eigenvalue weighted by molar-refractivity contribution is 6.72. The first-order valence-electron chi connectivity index (χ1n) is 10.1. The first-order chi connectivity index (χ1) is 15.6. The molecule has 0 bridgehead atoms. The van der Waals surface area contributed by atoms with E-state index < -0.39 is 10.5 Å². The lowest BCUT2D eigenvalue weighted by Crippen LogP contribution is -2.02. The molecule has 0 N–H and O–H groups in total. The number of benzene rings is 5. The van der Waals surface area contributed by atoms with Gasteiger partial charge in [-0.2, -0.15) is 0 Å². The molecule has 5 aromatic carbocycles. The molecule has 0 saturated heterocycles. The minimum atomic E-state index is -0.718. The highest BCUT2D eigenvalue weighted by Crippen LogP contribution is 2.44. The van der Waals surface area contributed by atoms with Gasteiger partial charge in [0.25, 0.3) is 10.5 Å². The van der Waals surface area contributed by atoms with Crippen LogP contribution in [0.1, 0.15) is 20.7 Å². The van der Waals surface area contributed by atoms with E-state index in [0.717, 1.165) is 43.8 Å². The number of fused-ring (bicyclic) bond motifs is 2. The summed E-state index contributed by atoms with van der Waals surface area (Å²) in [6.45, 7) is 0. The Balaban J connectivity index is 2.08. The van der Waals surface area contributed by atoms with E-state index in [4.69, 9.17) is 23.2 Å². The smallest absolute Gasteiger partial charge is 0.253 e. The molecule has 0 aliphatic carbocycles. The van der Waals surface area contributed by atoms with Crippen LogP contribution < -0.4 is 0 Å². The van der Waals surface area contributed by atoms with Crippen LogP contribution in [0.3, 0.4) is 0 Å². The van der Waals surface area contributed by atoms with Gasteiger partial charge in [-0.15, -0.1) is 0 Å². The van der Waals surface area contributed by atoms with E-state index in [1.54, 1.807) is 12.1 Å². The molecule has 32 heavy (non-hydrogen) atoms. The van der Waals surface area contributed by atoms with Gasteiger partial charge in [-0.05, 0) is 79.1 Å². The Hall–Kier alpha value is -3.46. The second-order valence-electron chi connectivity index (χ2n) is 7.52. The van der Waals surface area contributed by atoms with Crippen molar-refractivity contribution in [3.63, 3.8) is 0 Å². The van der Waals surface area contributed by atoms with Crippen molar-refractivity contribution in [1.82, 2.24) is 0 Å². The predicted molar refractivity (Wildman–Crippen MR) is 133 cm³/mol. The Bertz CT molecular complexity index is 1390. The molecule has 0 aliphatic rings. The van der Waals surface area contributed by atoms with Crippen molar-refractivity contribution < 1.29 is 9.59 Å². The van der Waals surface area contributed by atoms with Crippen molar-refractivity contribution in [2.45, 2.75) is 0 Å². The lowest BCUT2D eigenvalue weighted by Gasteiger charge is -2.19. The monoisotopic (exact) mass is 454 g/mol. The second kappa shape index (κ2) is 8.23. The molecule has 0 aromatic heterocycles. The molecular weight excluding hydrogens is 439 g/mol. The quantitative estimate of drug-likeness (QED) is 0.203. The largest absolute Gasteiger partial charge is 0.276 e. The SMILES string of the molecule is O=C(Cl)c1cc2c(-c3ccccc3)c3ccccc3c(-c3ccccc3)c2cc1C(=O)Cl. The zero-order chi connectivity index (χ0) is 22.2. The van der Waals surface area contributed by atoms with Crippen LogP contribution in [0.15, 0.2) is 97.1 Å². The third-order valence-electron chi connectivity index (χ3n) is 5.71. The van der Waals surface area contributed by atoms with Crippen LogP contribution in [0.2, 0.25) is 0 Å². The highest BCUT2D eigenvalue weighted by Gasteiger charge is 2.22. The third kappa shape index (κ3) is 3.38. The summed E-state index contributed by atoms with van der Waals surface area (Å²) in [5, 5.41) is 2.32. The summed E-state index contributed by atoms with van der Waals surface area (Å²) in [6.07, 6.45) is 0. The zero-order valence-corrected chi connectivity index (χ0v) is 18.3. The van der Waals surface area contributed by atoms with Crippen LogP contribution in [-0.2, 0) is 0 Å². The predicted octanol–water partition coefficient (Wildman–Crippen LogP) is 8.09. The van der Waals surface area contributed by atoms with Crippen LogP contribution in [0.5, 0.6) is 0 Å². The molecule has 0 unspecified atom stereocenters. The maximum absolute atomic E-state index is 12.2. The maximum Gasteiger partial charge on any atom is 0.253 e. The Morgan fingerprint density at radius 1 is 0.469 bits per heavy atom. The molecule has 0 radical (unpaired) electrons. The number of rotatable bonds is 4. The van der Waals surface area contributed by atoms with Gasteiger partial charge in [0, 0.05) is 11.1 Å². The van der Waals surface area contributed by atoms with Crippen LogP contribution in [0, 0.1) is 0 Å². The van der Waals surface area contributed by atoms with Gasteiger partial charge in [0.2, 0.25) is 0 Å². The van der Waals surface area contributed by atoms with E-state index in [0.29, 0.717) is 0 Å². The van der Waals surface area contributed by atoms with Crippen molar-refractivity contribution in [1.29, 1.82) is 0 Å². The summed E-state index contributed by atoms with van der Waals surface area (Å²) in [5.74, 6) is 0. The van der Waals surface area contributed by atoms with Crippen molar-refractivity contribution >= 4 is 55.2 Å². The summed E-state index contributed by atoms with van der Waals surface area (Å²) in [5.41, 5.74) is 4.17. The average Bonchev–Trinajstić information content (AvgIpc) is 2.82. The number of carbonyl (C=O) groups excluding carboxylic acids is 2. The van der Waals surface area contributed by atoms with Gasteiger partial charge >= 0.3 is 0 Å². The molecule has 4 heteroatoms. The number of hydrogen-bond donors (Lipinski definition) is 0. The van der Waals surface area contributed by atoms with Crippen molar-refractivity contribution in [3.8, 4) is 22.3 Å². The third-order valence-corrected chi connectivity index (χ3v) is 6.12. The molecule has 154 valence electrons. The van der Waals surface area contributed by atoms with Gasteiger partial charge in [-0.25, -0.2) is 0 Å². The second-order valence-corrected chi connectivity index (χ2v) is 8.20. The van der Waals surface area contributed by atoms with Crippen molar-refractivity contribution in [3.05, 3.63) is 108 Å². The summed E-state index contributed by atoms with van der Waals surface area (Å²) in [7, 11) is 0. The van der Waals surface area contributed by atoms with E-state index in [1.165, 1.54) is 0 Å². The summed E-state index contributed by atoms with van der Waals surface area (Å²) in [4.78, 5) is 24.5. The number of halogens is 2. The molecule has 2 nitrogen and oxygen atoms in total. The maximum atomic E-state index is 12.2. The van der Waals surface area contributed by atoms with Crippen LogP contribution in [0.4, 0.5) is 0 Å². The molecular formula is C28H16Cl2O2. The fourth-order valence-corrected chi connectivity index (χ4v) is 4.69. The first-order valence-corrected chi connectivity index (χ1v) is 10.8. The molecule has 5 aromatic rings. The van der Waals surface area contributed by atoms with Crippen LogP contribution in [0.25, 0.3) is 43.8 Å². The Morgan fingerprint density at radius 3 is 1.16 bits per heavy atom. The summed E-state index contributed by atoms with van der Waals surface area (Å²) in [6, 6.07) is 31.5. The normalized spacial score (nSPS) is 11.1. The molecule has 0 spiro atoms. The summed E-state index contributed by atoms with van der Waals surface area (Å²) >= 11 is 11.8. The highest BCUT2D eigenvalue weighted by atomic mass is 35.5. The Kier molecular flexibility index (Phi) is 5.26. The van der Waals surface area contributed by atoms with Crippen molar-refractivity contribution in [2.75, 3.05) is 0 Å². The summed E-state index contributed by atoms with van der Waals surface area (Å²) < 4.78 is 0. The van der Waals surface area contributed by atoms with Gasteiger partial charge in [-0.1, -0.05) is 84.9 Å². The lowest BCUT2D eigenvalue weighted by molar-refractivity contribution is 0.105. The van der Waals surface area contributed by atoms with Gasteiger partial charge < -0.3 is 0 Å². The van der Waals surface area contributed by atoms with Crippen molar-refractivity contribution in [2.24, 2.45) is 0 Å². The molecule has 0 atom stereocenters. The van der Waals surface area contributed by atoms with Gasteiger partial charge in [0.05, 0.1) is 0 Å². The van der Waals surface area contributed by atoms with Crippen LogP contribution in [-0.4, -0.2) is 10.5 Å². The molecule has 0 heterocycles. The van der Waals surface area contributed by atoms with E-state index in [-0.39, 0.29) is 11.1 Å². The fourth-order valence-electron chi connectivity index (χ4n) is 4.38.